The van der Waals surface area contributed by atoms with Crippen LogP contribution in [0.4, 0.5) is 0 Å². The van der Waals surface area contributed by atoms with Crippen molar-refractivity contribution in [3.05, 3.63) is 18.0 Å². The lowest BCUT2D eigenvalue weighted by Gasteiger charge is -2.30. The highest BCUT2D eigenvalue weighted by atomic mass is 32.2. The van der Waals surface area contributed by atoms with Crippen LogP contribution < -0.4 is 5.32 Å². The molecule has 1 fully saturated rings. The minimum absolute atomic E-state index is 0.373. The summed E-state index contributed by atoms with van der Waals surface area (Å²) in [7, 11) is 0. The van der Waals surface area contributed by atoms with Crippen molar-refractivity contribution in [1.29, 1.82) is 0 Å². The van der Waals surface area contributed by atoms with E-state index in [0.29, 0.717) is 16.7 Å². The van der Waals surface area contributed by atoms with Gasteiger partial charge in [0.15, 0.2) is 5.16 Å². The Balaban J connectivity index is 2.09. The predicted octanol–water partition coefficient (Wildman–Crippen LogP) is 3.04. The van der Waals surface area contributed by atoms with E-state index < -0.39 is 0 Å². The highest BCUT2D eigenvalue weighted by molar-refractivity contribution is 7.99. The first-order valence-corrected chi connectivity index (χ1v) is 7.60. The van der Waals surface area contributed by atoms with E-state index in [1.807, 2.05) is 30.9 Å². The molecule has 1 N–H and O–H groups in total. The molecule has 2 rings (SSSR count). The van der Waals surface area contributed by atoms with Crippen molar-refractivity contribution in [2.75, 3.05) is 6.54 Å². The Morgan fingerprint density at radius 3 is 2.94 bits per heavy atom. The highest BCUT2D eigenvalue weighted by Gasteiger charge is 2.42. The Bertz CT molecular complexity index is 406. The lowest BCUT2D eigenvalue weighted by Crippen LogP contribution is -2.43. The minimum atomic E-state index is 0.373. The van der Waals surface area contributed by atoms with Gasteiger partial charge in [0.05, 0.1) is 0 Å². The molecule has 1 aliphatic carbocycles. The number of thioether (sulfide) groups is 1. The fourth-order valence-electron chi connectivity index (χ4n) is 2.71. The molecule has 0 radical (unpaired) electrons. The standard InChI is InChI=1S/C14H23N3S/c1-5-15-12-11(6-8-14(12,3)4)18-13-16-9-7-10(2)17-13/h7,9,11-12,15H,5-6,8H2,1-4H3. The third-order valence-electron chi connectivity index (χ3n) is 3.74. The molecule has 0 bridgehead atoms. The van der Waals surface area contributed by atoms with Crippen molar-refractivity contribution in [2.24, 2.45) is 5.41 Å². The molecule has 0 amide bonds. The summed E-state index contributed by atoms with van der Waals surface area (Å²) in [5.74, 6) is 0. The van der Waals surface area contributed by atoms with Gasteiger partial charge in [0, 0.05) is 23.2 Å². The SMILES string of the molecule is CCNC1C(Sc2nccc(C)n2)CCC1(C)C. The second kappa shape index (κ2) is 5.57. The van der Waals surface area contributed by atoms with Crippen molar-refractivity contribution in [3.8, 4) is 0 Å². The second-order valence-electron chi connectivity index (χ2n) is 5.70. The van der Waals surface area contributed by atoms with Crippen molar-refractivity contribution < 1.29 is 0 Å². The van der Waals surface area contributed by atoms with Crippen LogP contribution in [0.25, 0.3) is 0 Å². The third kappa shape index (κ3) is 3.04. The van der Waals surface area contributed by atoms with Gasteiger partial charge in [-0.25, -0.2) is 9.97 Å². The topological polar surface area (TPSA) is 37.8 Å². The molecule has 0 aromatic carbocycles. The number of hydrogen-bond acceptors (Lipinski definition) is 4. The van der Waals surface area contributed by atoms with Gasteiger partial charge in [-0.05, 0) is 37.8 Å². The first kappa shape index (κ1) is 13.8. The molecule has 0 spiro atoms. The number of nitrogens with one attached hydrogen (secondary N) is 1. The number of hydrogen-bond donors (Lipinski definition) is 1. The zero-order chi connectivity index (χ0) is 13.2. The maximum Gasteiger partial charge on any atom is 0.188 e. The molecular weight excluding hydrogens is 242 g/mol. The minimum Gasteiger partial charge on any atom is -0.313 e. The van der Waals surface area contributed by atoms with E-state index in [-0.39, 0.29) is 0 Å². The Morgan fingerprint density at radius 2 is 2.28 bits per heavy atom. The maximum absolute atomic E-state index is 4.50. The van der Waals surface area contributed by atoms with Gasteiger partial charge in [0.2, 0.25) is 0 Å². The molecule has 18 heavy (non-hydrogen) atoms. The van der Waals surface area contributed by atoms with E-state index in [2.05, 4.69) is 36.1 Å². The summed E-state index contributed by atoms with van der Waals surface area (Å²) in [6.45, 7) is 9.95. The number of rotatable bonds is 4. The van der Waals surface area contributed by atoms with E-state index in [4.69, 9.17) is 0 Å². The van der Waals surface area contributed by atoms with Crippen molar-refractivity contribution in [3.63, 3.8) is 0 Å². The summed E-state index contributed by atoms with van der Waals surface area (Å²) < 4.78 is 0. The predicted molar refractivity (Wildman–Crippen MR) is 76.9 cm³/mol. The van der Waals surface area contributed by atoms with Crippen LogP contribution in [0.1, 0.15) is 39.3 Å². The second-order valence-corrected chi connectivity index (χ2v) is 6.91. The molecule has 1 heterocycles. The molecule has 1 aromatic heterocycles. The molecule has 100 valence electrons. The van der Waals surface area contributed by atoms with Gasteiger partial charge < -0.3 is 5.32 Å². The summed E-state index contributed by atoms with van der Waals surface area (Å²) in [5.41, 5.74) is 1.42. The van der Waals surface area contributed by atoms with Crippen LogP contribution in [0.15, 0.2) is 17.4 Å². The smallest absolute Gasteiger partial charge is 0.188 e. The molecular formula is C14H23N3S. The van der Waals surface area contributed by atoms with Crippen molar-refractivity contribution in [2.45, 2.75) is 57.0 Å². The number of aryl methyl sites for hydroxylation is 1. The Labute approximate surface area is 114 Å². The van der Waals surface area contributed by atoms with E-state index in [9.17, 15) is 0 Å². The van der Waals surface area contributed by atoms with E-state index in [0.717, 1.165) is 17.4 Å². The van der Waals surface area contributed by atoms with Crippen LogP contribution in [-0.2, 0) is 0 Å². The number of nitrogens with zero attached hydrogens (tertiary/aromatic N) is 2. The fraction of sp³-hybridized carbons (Fsp3) is 0.714. The molecule has 0 saturated heterocycles. The van der Waals surface area contributed by atoms with Gasteiger partial charge in [-0.15, -0.1) is 0 Å². The van der Waals surface area contributed by atoms with Gasteiger partial charge in [-0.2, -0.15) is 0 Å². The normalized spacial score (nSPS) is 26.4. The van der Waals surface area contributed by atoms with Gasteiger partial charge in [-0.3, -0.25) is 0 Å². The van der Waals surface area contributed by atoms with Gasteiger partial charge in [0.1, 0.15) is 0 Å². The molecule has 1 aromatic rings. The zero-order valence-electron chi connectivity index (χ0n) is 11.7. The van der Waals surface area contributed by atoms with Crippen LogP contribution in [0.2, 0.25) is 0 Å². The summed E-state index contributed by atoms with van der Waals surface area (Å²) in [6.07, 6.45) is 4.37. The average Bonchev–Trinajstić information content (AvgIpc) is 2.57. The van der Waals surface area contributed by atoms with E-state index in [1.54, 1.807) is 0 Å². The van der Waals surface area contributed by atoms with Crippen LogP contribution >= 0.6 is 11.8 Å². The zero-order valence-corrected chi connectivity index (χ0v) is 12.5. The van der Waals surface area contributed by atoms with Gasteiger partial charge >= 0.3 is 0 Å². The molecule has 0 aliphatic heterocycles. The first-order chi connectivity index (χ1) is 8.53. The first-order valence-electron chi connectivity index (χ1n) is 6.72. The Hall–Kier alpha value is -0.610. The monoisotopic (exact) mass is 265 g/mol. The summed E-state index contributed by atoms with van der Waals surface area (Å²) in [6, 6.07) is 2.50. The van der Waals surface area contributed by atoms with Crippen LogP contribution in [0.5, 0.6) is 0 Å². The maximum atomic E-state index is 4.50. The molecule has 2 atom stereocenters. The van der Waals surface area contributed by atoms with Crippen LogP contribution in [0, 0.1) is 12.3 Å². The lowest BCUT2D eigenvalue weighted by molar-refractivity contribution is 0.290. The van der Waals surface area contributed by atoms with Crippen LogP contribution in [-0.4, -0.2) is 27.8 Å². The van der Waals surface area contributed by atoms with E-state index >= 15 is 0 Å². The van der Waals surface area contributed by atoms with Gasteiger partial charge in [0.25, 0.3) is 0 Å². The Kier molecular flexibility index (Phi) is 4.28. The van der Waals surface area contributed by atoms with Gasteiger partial charge in [-0.1, -0.05) is 32.5 Å². The summed E-state index contributed by atoms with van der Waals surface area (Å²) >= 11 is 1.83. The quantitative estimate of drug-likeness (QED) is 0.849. The fourth-order valence-corrected chi connectivity index (χ4v) is 4.14. The molecule has 3 nitrogen and oxygen atoms in total. The highest BCUT2D eigenvalue weighted by Crippen LogP contribution is 2.44. The van der Waals surface area contributed by atoms with Crippen molar-refractivity contribution in [1.82, 2.24) is 15.3 Å². The molecule has 1 aliphatic rings. The average molecular weight is 265 g/mol. The molecule has 1 saturated carbocycles. The van der Waals surface area contributed by atoms with Crippen molar-refractivity contribution >= 4 is 11.8 Å². The summed E-state index contributed by atoms with van der Waals surface area (Å²) in [5, 5.41) is 5.15. The van der Waals surface area contributed by atoms with E-state index in [1.165, 1.54) is 12.8 Å². The molecule has 4 heteroatoms. The Morgan fingerprint density at radius 1 is 1.50 bits per heavy atom. The third-order valence-corrected chi connectivity index (χ3v) is 4.96. The number of aromatic nitrogens is 2. The lowest BCUT2D eigenvalue weighted by atomic mass is 9.87. The molecule has 2 unspecified atom stereocenters. The van der Waals surface area contributed by atoms with Crippen LogP contribution in [0.3, 0.4) is 0 Å². The summed E-state index contributed by atoms with van der Waals surface area (Å²) in [4.78, 5) is 8.87. The largest absolute Gasteiger partial charge is 0.313 e.